The van der Waals surface area contributed by atoms with Crippen molar-refractivity contribution >= 4 is 5.91 Å². The van der Waals surface area contributed by atoms with Crippen molar-refractivity contribution in [3.05, 3.63) is 59.7 Å². The number of nitrogens with one attached hydrogen (secondary N) is 1. The van der Waals surface area contributed by atoms with Crippen LogP contribution in [0.5, 0.6) is 11.5 Å². The third-order valence-electron chi connectivity index (χ3n) is 4.52. The van der Waals surface area contributed by atoms with Crippen LogP contribution in [-0.4, -0.2) is 37.6 Å². The van der Waals surface area contributed by atoms with Gasteiger partial charge in [-0.25, -0.2) is 0 Å². The molecule has 5 nitrogen and oxygen atoms in total. The number of hydrogen-bond donors (Lipinski definition) is 1. The fraction of sp³-hybridized carbons (Fsp3) is 0.381. The van der Waals surface area contributed by atoms with Gasteiger partial charge in [0.05, 0.1) is 7.11 Å². The van der Waals surface area contributed by atoms with E-state index < -0.39 is 0 Å². The van der Waals surface area contributed by atoms with Gasteiger partial charge in [-0.05, 0) is 61.3 Å². The summed E-state index contributed by atoms with van der Waals surface area (Å²) in [7, 11) is 1.61. The molecule has 0 atom stereocenters. The van der Waals surface area contributed by atoms with Crippen LogP contribution in [-0.2, 0) is 17.9 Å². The maximum Gasteiger partial charge on any atom is 0.258 e. The van der Waals surface area contributed by atoms with Gasteiger partial charge in [0.15, 0.2) is 6.61 Å². The van der Waals surface area contributed by atoms with Gasteiger partial charge in [-0.15, -0.1) is 0 Å². The molecule has 5 heteroatoms. The molecule has 0 aliphatic carbocycles. The predicted octanol–water partition coefficient (Wildman–Crippen LogP) is 2.99. The maximum atomic E-state index is 12.0. The molecule has 0 saturated carbocycles. The van der Waals surface area contributed by atoms with Crippen LogP contribution in [0.4, 0.5) is 0 Å². The predicted molar refractivity (Wildman–Crippen MR) is 101 cm³/mol. The Morgan fingerprint density at radius 2 is 1.73 bits per heavy atom. The summed E-state index contributed by atoms with van der Waals surface area (Å²) in [5, 5.41) is 2.91. The normalized spacial score (nSPS) is 14.2. The van der Waals surface area contributed by atoms with Gasteiger partial charge < -0.3 is 14.8 Å². The third kappa shape index (κ3) is 5.49. The molecule has 1 aliphatic heterocycles. The number of carbonyl (C=O) groups is 1. The Hall–Kier alpha value is -2.53. The number of hydrogen-bond acceptors (Lipinski definition) is 4. The molecule has 1 amide bonds. The second-order valence-corrected chi connectivity index (χ2v) is 6.54. The minimum Gasteiger partial charge on any atom is -0.497 e. The SMILES string of the molecule is COc1ccc(OCC(=O)NCc2cccc(CN3CCCC3)c2)cc1. The largest absolute Gasteiger partial charge is 0.497 e. The quantitative estimate of drug-likeness (QED) is 0.792. The van der Waals surface area contributed by atoms with Gasteiger partial charge >= 0.3 is 0 Å². The van der Waals surface area contributed by atoms with E-state index in [1.165, 1.54) is 31.5 Å². The number of methoxy groups -OCH3 is 1. The third-order valence-corrected chi connectivity index (χ3v) is 4.52. The minimum atomic E-state index is -0.134. The smallest absolute Gasteiger partial charge is 0.258 e. The molecule has 0 radical (unpaired) electrons. The molecule has 1 saturated heterocycles. The topological polar surface area (TPSA) is 50.8 Å². The lowest BCUT2D eigenvalue weighted by Crippen LogP contribution is -2.28. The molecule has 1 fully saturated rings. The van der Waals surface area contributed by atoms with E-state index in [4.69, 9.17) is 9.47 Å². The Labute approximate surface area is 154 Å². The first-order valence-electron chi connectivity index (χ1n) is 9.06. The average Bonchev–Trinajstić information content (AvgIpc) is 3.18. The maximum absolute atomic E-state index is 12.0. The lowest BCUT2D eigenvalue weighted by Gasteiger charge is -2.15. The van der Waals surface area contributed by atoms with Crippen LogP contribution in [0.25, 0.3) is 0 Å². The van der Waals surface area contributed by atoms with Gasteiger partial charge in [-0.1, -0.05) is 24.3 Å². The van der Waals surface area contributed by atoms with E-state index in [-0.39, 0.29) is 12.5 Å². The van der Waals surface area contributed by atoms with Crippen molar-refractivity contribution in [2.24, 2.45) is 0 Å². The number of ether oxygens (including phenoxy) is 2. The highest BCUT2D eigenvalue weighted by atomic mass is 16.5. The van der Waals surface area contributed by atoms with Gasteiger partial charge in [-0.2, -0.15) is 0 Å². The molecular formula is C21H26N2O3. The molecule has 0 unspecified atom stereocenters. The van der Waals surface area contributed by atoms with Gasteiger partial charge in [-0.3, -0.25) is 9.69 Å². The molecule has 1 heterocycles. The molecule has 1 aliphatic rings. The van der Waals surface area contributed by atoms with Crippen LogP contribution in [0.15, 0.2) is 48.5 Å². The summed E-state index contributed by atoms with van der Waals surface area (Å²) in [6, 6.07) is 15.6. The Balaban J connectivity index is 1.43. The molecular weight excluding hydrogens is 328 g/mol. The lowest BCUT2D eigenvalue weighted by molar-refractivity contribution is -0.123. The van der Waals surface area contributed by atoms with Crippen LogP contribution in [0, 0.1) is 0 Å². The Morgan fingerprint density at radius 1 is 1.04 bits per heavy atom. The summed E-state index contributed by atoms with van der Waals surface area (Å²) < 4.78 is 10.6. The number of nitrogens with zero attached hydrogens (tertiary/aromatic N) is 1. The highest BCUT2D eigenvalue weighted by molar-refractivity contribution is 5.77. The van der Waals surface area contributed by atoms with E-state index in [1.807, 2.05) is 6.07 Å². The average molecular weight is 354 g/mol. The van der Waals surface area contributed by atoms with Crippen molar-refractivity contribution in [3.8, 4) is 11.5 Å². The van der Waals surface area contributed by atoms with E-state index in [9.17, 15) is 4.79 Å². The summed E-state index contributed by atoms with van der Waals surface area (Å²) in [5.74, 6) is 1.27. The molecule has 2 aromatic carbocycles. The molecule has 1 N–H and O–H groups in total. The van der Waals surface area contributed by atoms with Crippen LogP contribution in [0.2, 0.25) is 0 Å². The van der Waals surface area contributed by atoms with Crippen LogP contribution < -0.4 is 14.8 Å². The van der Waals surface area contributed by atoms with Crippen LogP contribution in [0.3, 0.4) is 0 Å². The molecule has 0 bridgehead atoms. The lowest BCUT2D eigenvalue weighted by atomic mass is 10.1. The van der Waals surface area contributed by atoms with Crippen molar-refractivity contribution in [2.45, 2.75) is 25.9 Å². The number of carbonyl (C=O) groups excluding carboxylic acids is 1. The van der Waals surface area contributed by atoms with Gasteiger partial charge in [0.1, 0.15) is 11.5 Å². The first-order chi connectivity index (χ1) is 12.7. The van der Waals surface area contributed by atoms with E-state index in [1.54, 1.807) is 31.4 Å². The van der Waals surface area contributed by atoms with E-state index in [2.05, 4.69) is 28.4 Å². The molecule has 26 heavy (non-hydrogen) atoms. The fourth-order valence-corrected chi connectivity index (χ4v) is 3.11. The zero-order valence-electron chi connectivity index (χ0n) is 15.2. The Kier molecular flexibility index (Phi) is 6.50. The summed E-state index contributed by atoms with van der Waals surface area (Å²) in [6.45, 7) is 3.87. The minimum absolute atomic E-state index is 0.000201. The summed E-state index contributed by atoms with van der Waals surface area (Å²) in [4.78, 5) is 14.5. The first kappa shape index (κ1) is 18.3. The highest BCUT2D eigenvalue weighted by Crippen LogP contribution is 2.17. The van der Waals surface area contributed by atoms with Gasteiger partial charge in [0.2, 0.25) is 0 Å². The van der Waals surface area contributed by atoms with Crippen molar-refractivity contribution in [1.29, 1.82) is 0 Å². The van der Waals surface area contributed by atoms with Gasteiger partial charge in [0.25, 0.3) is 5.91 Å². The molecule has 0 spiro atoms. The Morgan fingerprint density at radius 3 is 2.46 bits per heavy atom. The van der Waals surface area contributed by atoms with Crippen molar-refractivity contribution in [1.82, 2.24) is 10.2 Å². The summed E-state index contributed by atoms with van der Waals surface area (Å²) in [5.41, 5.74) is 2.41. The van der Waals surface area contributed by atoms with E-state index in [0.29, 0.717) is 12.3 Å². The first-order valence-corrected chi connectivity index (χ1v) is 9.06. The summed E-state index contributed by atoms with van der Waals surface area (Å²) >= 11 is 0. The number of amides is 1. The summed E-state index contributed by atoms with van der Waals surface area (Å²) in [6.07, 6.45) is 2.59. The van der Waals surface area contributed by atoms with E-state index in [0.717, 1.165) is 17.9 Å². The number of likely N-dealkylation sites (tertiary alicyclic amines) is 1. The second-order valence-electron chi connectivity index (χ2n) is 6.54. The van der Waals surface area contributed by atoms with Crippen LogP contribution in [0.1, 0.15) is 24.0 Å². The number of benzene rings is 2. The van der Waals surface area contributed by atoms with Gasteiger partial charge in [0, 0.05) is 13.1 Å². The highest BCUT2D eigenvalue weighted by Gasteiger charge is 2.11. The second kappa shape index (κ2) is 9.25. The zero-order valence-corrected chi connectivity index (χ0v) is 15.2. The molecule has 0 aromatic heterocycles. The molecule has 138 valence electrons. The standard InChI is InChI=1S/C21H26N2O3/c1-25-19-7-9-20(10-8-19)26-16-21(24)22-14-17-5-4-6-18(13-17)15-23-11-2-3-12-23/h4-10,13H,2-3,11-12,14-16H2,1H3,(H,22,24). The van der Waals surface area contributed by atoms with E-state index >= 15 is 0 Å². The monoisotopic (exact) mass is 354 g/mol. The van der Waals surface area contributed by atoms with Crippen LogP contribution >= 0.6 is 0 Å². The zero-order chi connectivity index (χ0) is 18.2. The molecule has 2 aromatic rings. The Bertz CT molecular complexity index is 709. The van der Waals surface area contributed by atoms with Crippen molar-refractivity contribution < 1.29 is 14.3 Å². The van der Waals surface area contributed by atoms with Crippen molar-refractivity contribution in [3.63, 3.8) is 0 Å². The molecule has 3 rings (SSSR count). The fourth-order valence-electron chi connectivity index (χ4n) is 3.11. The van der Waals surface area contributed by atoms with Crippen molar-refractivity contribution in [2.75, 3.05) is 26.8 Å². The number of rotatable bonds is 8.